The smallest absolute Gasteiger partial charge is 0.0243 e. The van der Waals surface area contributed by atoms with Gasteiger partial charge in [0.25, 0.3) is 0 Å². The molecule has 0 spiro atoms. The van der Waals surface area contributed by atoms with Gasteiger partial charge in [0.15, 0.2) is 0 Å². The van der Waals surface area contributed by atoms with E-state index in [4.69, 9.17) is 0 Å². The number of benzene rings is 10. The SMILES string of the molecule is CC(C)(C)c1ccc(C(c2ccc(C(C)(C)C)cc2)[C@@H]2CCCCN2)cc1.CC(C)(C)c1ccc(C(c2ccc(C(C)(C)C)cc2)[C@H]2CCCCN2)cc1.CC1(c2ccc(C(c3ccc(C4(C)CCCCC4)cc3)[C@H]3CCCCN3)cc2)CCCCC1.c1cc(C(c2ccc(C3CCCCC3)cc2)[C@@H]2CCCCN2)ccc1C1CCCCC1.c1cc(C(c2ccc(C3CCCCC3)cc2)[C@H]2CCCCN2)ccc1C1CCCCC1. The average molecular weight is 2000 g/mol. The van der Waals surface area contributed by atoms with Gasteiger partial charge in [0.05, 0.1) is 0 Å². The Morgan fingerprint density at radius 2 is 0.322 bits per heavy atom. The average Bonchev–Trinajstić information content (AvgIpc) is 0.802. The second-order valence-corrected chi connectivity index (χ2v) is 53.7. The molecule has 10 aromatic rings. The molecule has 5 atom stereocenters. The lowest BCUT2D eigenvalue weighted by Gasteiger charge is -2.36. The van der Waals surface area contributed by atoms with Crippen LogP contribution in [0.2, 0.25) is 0 Å². The van der Waals surface area contributed by atoms with E-state index in [2.05, 4.69) is 366 Å². The summed E-state index contributed by atoms with van der Waals surface area (Å²) in [7, 11) is 0. The minimum absolute atomic E-state index is 0.200. The van der Waals surface area contributed by atoms with Crippen LogP contribution < -0.4 is 26.6 Å². The molecule has 0 aromatic heterocycles. The zero-order valence-corrected chi connectivity index (χ0v) is 96.0. The van der Waals surface area contributed by atoms with Gasteiger partial charge in [0.2, 0.25) is 0 Å². The first-order chi connectivity index (χ1) is 72.2. The Kier molecular flexibility index (Phi) is 40.2. The summed E-state index contributed by atoms with van der Waals surface area (Å²) < 4.78 is 0. The molecule has 6 aliphatic carbocycles. The van der Waals surface area contributed by atoms with Crippen molar-refractivity contribution >= 4 is 0 Å². The second kappa shape index (κ2) is 53.4. The van der Waals surface area contributed by atoms with Gasteiger partial charge in [-0.2, -0.15) is 0 Å². The van der Waals surface area contributed by atoms with Crippen LogP contribution in [-0.2, 0) is 32.5 Å². The lowest BCUT2D eigenvalue weighted by atomic mass is 9.70. The maximum Gasteiger partial charge on any atom is 0.0243 e. The fourth-order valence-corrected chi connectivity index (χ4v) is 28.9. The van der Waals surface area contributed by atoms with Crippen molar-refractivity contribution < 1.29 is 0 Å². The molecule has 5 heterocycles. The summed E-state index contributed by atoms with van der Waals surface area (Å²) in [5.74, 6) is 5.43. The van der Waals surface area contributed by atoms with Crippen molar-refractivity contribution in [2.75, 3.05) is 32.7 Å². The first-order valence-electron chi connectivity index (χ1n) is 61.9. The van der Waals surface area contributed by atoms with E-state index in [0.29, 0.717) is 70.6 Å². The lowest BCUT2D eigenvalue weighted by Crippen LogP contribution is -2.39. The third-order valence-corrected chi connectivity index (χ3v) is 38.6. The molecule has 149 heavy (non-hydrogen) atoms. The van der Waals surface area contributed by atoms with Crippen LogP contribution in [0, 0.1) is 0 Å². The molecule has 0 radical (unpaired) electrons. The van der Waals surface area contributed by atoms with Crippen molar-refractivity contribution in [3.63, 3.8) is 0 Å². The summed E-state index contributed by atoms with van der Waals surface area (Å²) >= 11 is 0. The van der Waals surface area contributed by atoms with Crippen LogP contribution in [0.25, 0.3) is 0 Å². The third-order valence-electron chi connectivity index (χ3n) is 38.6. The summed E-state index contributed by atoms with van der Waals surface area (Å²) in [6.07, 6.45) is 61.5. The topological polar surface area (TPSA) is 60.1 Å². The molecule has 0 bridgehead atoms. The minimum atomic E-state index is 0.200. The molecule has 6 saturated carbocycles. The van der Waals surface area contributed by atoms with Crippen molar-refractivity contribution in [3.05, 3.63) is 354 Å². The van der Waals surface area contributed by atoms with Gasteiger partial charge in [-0.1, -0.05) is 487 Å². The van der Waals surface area contributed by atoms with Gasteiger partial charge in [-0.05, 0) is 341 Å². The Bertz CT molecular complexity index is 4940. The van der Waals surface area contributed by atoms with Crippen LogP contribution in [0.5, 0.6) is 0 Å². The molecule has 10 aromatic carbocycles. The fourth-order valence-electron chi connectivity index (χ4n) is 28.9. The highest BCUT2D eigenvalue weighted by molar-refractivity contribution is 5.47. The number of hydrogen-bond acceptors (Lipinski definition) is 5. The molecule has 5 saturated heterocycles. The number of rotatable bonds is 21. The van der Waals surface area contributed by atoms with Crippen molar-refractivity contribution in [2.24, 2.45) is 0 Å². The Morgan fingerprint density at radius 3 is 0.477 bits per heavy atom. The van der Waals surface area contributed by atoms with Crippen molar-refractivity contribution in [1.82, 2.24) is 26.6 Å². The van der Waals surface area contributed by atoms with E-state index in [0.717, 1.165) is 43.3 Å². The highest BCUT2D eigenvalue weighted by Crippen LogP contribution is 2.48. The lowest BCUT2D eigenvalue weighted by molar-refractivity contribution is 0.319. The van der Waals surface area contributed by atoms with E-state index in [1.54, 1.807) is 33.4 Å². The summed E-state index contributed by atoms with van der Waals surface area (Å²) in [5.41, 5.74) is 31.4. The minimum Gasteiger partial charge on any atom is -0.313 e. The van der Waals surface area contributed by atoms with Gasteiger partial charge in [0.1, 0.15) is 0 Å². The van der Waals surface area contributed by atoms with E-state index in [9.17, 15) is 0 Å². The molecule has 5 heteroatoms. The largest absolute Gasteiger partial charge is 0.313 e. The highest BCUT2D eigenvalue weighted by Gasteiger charge is 2.38. The molecule has 11 aliphatic rings. The number of hydrogen-bond donors (Lipinski definition) is 5. The van der Waals surface area contributed by atoms with Crippen LogP contribution in [0.4, 0.5) is 0 Å². The van der Waals surface area contributed by atoms with Crippen LogP contribution in [0.1, 0.15) is 550 Å². The third kappa shape index (κ3) is 30.4. The monoisotopic (exact) mass is 2000 g/mol. The zero-order valence-electron chi connectivity index (χ0n) is 96.0. The molecular formula is C144H201N5. The van der Waals surface area contributed by atoms with Crippen LogP contribution in [-0.4, -0.2) is 62.9 Å². The number of piperidine rings is 5. The fraction of sp³-hybridized carbons (Fsp3) is 0.583. The van der Waals surface area contributed by atoms with E-state index < -0.39 is 0 Å². The van der Waals surface area contributed by atoms with Gasteiger partial charge in [0, 0.05) is 59.8 Å². The van der Waals surface area contributed by atoms with E-state index >= 15 is 0 Å². The quantitative estimate of drug-likeness (QED) is 0.0496. The van der Waals surface area contributed by atoms with Crippen molar-refractivity contribution in [2.45, 2.75) is 502 Å². The second-order valence-electron chi connectivity index (χ2n) is 53.7. The van der Waals surface area contributed by atoms with Crippen LogP contribution in [0.15, 0.2) is 243 Å². The van der Waals surface area contributed by atoms with E-state index in [-0.39, 0.29) is 21.7 Å². The maximum absolute atomic E-state index is 3.89. The predicted octanol–water partition coefficient (Wildman–Crippen LogP) is 37.6. The van der Waals surface area contributed by atoms with Gasteiger partial charge in [-0.3, -0.25) is 0 Å². The first-order valence-corrected chi connectivity index (χ1v) is 61.9. The maximum atomic E-state index is 3.89. The Balaban J connectivity index is 0.000000127. The molecule has 802 valence electrons. The summed E-state index contributed by atoms with van der Waals surface area (Å²) in [5, 5.41) is 19.2. The zero-order chi connectivity index (χ0) is 104. The molecule has 0 amide bonds. The van der Waals surface area contributed by atoms with Gasteiger partial charge in [-0.25, -0.2) is 0 Å². The predicted molar refractivity (Wildman–Crippen MR) is 641 cm³/mol. The molecule has 5 N–H and O–H groups in total. The molecular weight excluding hydrogens is 1800 g/mol. The van der Waals surface area contributed by atoms with Gasteiger partial charge < -0.3 is 26.6 Å². The Hall–Kier alpha value is -8.00. The number of nitrogens with one attached hydrogen (secondary N) is 5. The summed E-state index contributed by atoms with van der Waals surface area (Å²) in [6, 6.07) is 99.3. The molecule has 11 fully saturated rings. The van der Waals surface area contributed by atoms with E-state index in [1.165, 1.54) is 380 Å². The summed E-state index contributed by atoms with van der Waals surface area (Å²) in [6.45, 7) is 38.2. The standard InChI is InChI=1S/C32H45N.2C30H41N.2C26H37N/c1-31(20-6-3-7-21-31)27-16-12-25(13-17-27)30(29-11-5-10-24-33-29)26-14-18-28(19-15-26)32(2)22-8-4-9-23-32;2*1-3-9-23(10-4-1)25-14-18-27(19-15-25)30(29-13-7-8-22-31-29)28-20-16-26(17-21-28)24-11-5-2-6-12-24;2*1-25(2,3)21-14-10-19(11-15-21)24(23-9-7-8-18-27-23)20-12-16-22(17-13-20)26(4,5)6/h12-19,29-30,33H,3-11,20-24H2,1-2H3;2*14-21,23-24,29-31H,1-13,22H2;2*10-17,23-24,27H,7-9,18H2,1-6H3/t3*29-;2*23-/m11010/s1. The van der Waals surface area contributed by atoms with Crippen LogP contribution >= 0.6 is 0 Å². The van der Waals surface area contributed by atoms with Crippen LogP contribution in [0.3, 0.4) is 0 Å². The Morgan fingerprint density at radius 1 is 0.174 bits per heavy atom. The molecule has 21 rings (SSSR count). The van der Waals surface area contributed by atoms with Crippen molar-refractivity contribution in [1.29, 1.82) is 0 Å². The molecule has 5 aliphatic heterocycles. The summed E-state index contributed by atoms with van der Waals surface area (Å²) in [4.78, 5) is 0. The van der Waals surface area contributed by atoms with Crippen molar-refractivity contribution in [3.8, 4) is 0 Å². The van der Waals surface area contributed by atoms with Gasteiger partial charge in [-0.15, -0.1) is 0 Å². The molecule has 5 nitrogen and oxygen atoms in total. The Labute approximate surface area is 908 Å². The first kappa shape index (κ1) is 112. The van der Waals surface area contributed by atoms with E-state index in [1.807, 2.05) is 0 Å². The molecule has 0 unspecified atom stereocenters. The highest BCUT2D eigenvalue weighted by atomic mass is 15.0. The van der Waals surface area contributed by atoms with Gasteiger partial charge >= 0.3 is 0 Å². The normalized spacial score (nSPS) is 22.3.